The van der Waals surface area contributed by atoms with Crippen molar-refractivity contribution in [2.45, 2.75) is 19.3 Å². The SMILES string of the molecule is CC1(C)c2ccccc2-c2ccc(N(c3ccccc3)c3ccc(-c4cccc5c4oc4c6ccccc6ccc54)cc3)cc21. The quantitative estimate of drug-likeness (QED) is 0.207. The highest BCUT2D eigenvalue weighted by Gasteiger charge is 2.35. The van der Waals surface area contributed by atoms with Crippen LogP contribution in [-0.2, 0) is 5.41 Å². The van der Waals surface area contributed by atoms with Gasteiger partial charge in [-0.25, -0.2) is 0 Å². The van der Waals surface area contributed by atoms with Crippen molar-refractivity contribution >= 4 is 49.8 Å². The summed E-state index contributed by atoms with van der Waals surface area (Å²) in [5.41, 5.74) is 12.9. The molecule has 0 radical (unpaired) electrons. The molecule has 0 atom stereocenters. The molecule has 1 heterocycles. The van der Waals surface area contributed by atoms with Gasteiger partial charge in [-0.3, -0.25) is 0 Å². The Bertz CT molecular complexity index is 2400. The van der Waals surface area contributed by atoms with Crippen molar-refractivity contribution < 1.29 is 4.42 Å². The number of benzene rings is 7. The summed E-state index contributed by atoms with van der Waals surface area (Å²) in [5, 5.41) is 4.63. The highest BCUT2D eigenvalue weighted by atomic mass is 16.3. The van der Waals surface area contributed by atoms with E-state index in [1.807, 2.05) is 0 Å². The van der Waals surface area contributed by atoms with Crippen LogP contribution in [0.5, 0.6) is 0 Å². The summed E-state index contributed by atoms with van der Waals surface area (Å²) in [4.78, 5) is 2.36. The van der Waals surface area contributed by atoms with E-state index in [-0.39, 0.29) is 5.41 Å². The monoisotopic (exact) mass is 577 g/mol. The number of nitrogens with zero attached hydrogens (tertiary/aromatic N) is 1. The molecule has 1 aliphatic rings. The molecular weight excluding hydrogens is 546 g/mol. The highest BCUT2D eigenvalue weighted by molar-refractivity contribution is 6.17. The molecule has 2 nitrogen and oxygen atoms in total. The molecule has 0 N–H and O–H groups in total. The molecule has 214 valence electrons. The van der Waals surface area contributed by atoms with E-state index >= 15 is 0 Å². The maximum atomic E-state index is 6.65. The normalized spacial score (nSPS) is 13.3. The van der Waals surface area contributed by atoms with E-state index in [1.165, 1.54) is 27.6 Å². The molecule has 0 saturated heterocycles. The minimum absolute atomic E-state index is 0.0647. The van der Waals surface area contributed by atoms with Crippen molar-refractivity contribution in [3.63, 3.8) is 0 Å². The van der Waals surface area contributed by atoms with Gasteiger partial charge in [0.1, 0.15) is 11.2 Å². The summed E-state index contributed by atoms with van der Waals surface area (Å²) in [6.45, 7) is 4.68. The first-order valence-electron chi connectivity index (χ1n) is 15.6. The number of anilines is 3. The third kappa shape index (κ3) is 3.89. The minimum atomic E-state index is -0.0647. The smallest absolute Gasteiger partial charge is 0.143 e. The number of para-hydroxylation sites is 2. The second kappa shape index (κ2) is 9.70. The van der Waals surface area contributed by atoms with Crippen molar-refractivity contribution in [3.8, 4) is 22.3 Å². The summed E-state index contributed by atoms with van der Waals surface area (Å²) in [6, 6.07) is 54.6. The van der Waals surface area contributed by atoms with Crippen LogP contribution in [0.2, 0.25) is 0 Å². The summed E-state index contributed by atoms with van der Waals surface area (Å²) < 4.78 is 6.65. The lowest BCUT2D eigenvalue weighted by Crippen LogP contribution is -2.16. The van der Waals surface area contributed by atoms with Gasteiger partial charge in [0.2, 0.25) is 0 Å². The largest absolute Gasteiger partial charge is 0.455 e. The molecular formula is C43H31NO. The third-order valence-corrected chi connectivity index (χ3v) is 9.67. The fourth-order valence-corrected chi connectivity index (χ4v) is 7.40. The number of furan rings is 1. The van der Waals surface area contributed by atoms with E-state index in [2.05, 4.69) is 170 Å². The molecule has 7 aromatic carbocycles. The Morgan fingerprint density at radius 2 is 1.09 bits per heavy atom. The van der Waals surface area contributed by atoms with Crippen LogP contribution >= 0.6 is 0 Å². The fraction of sp³-hybridized carbons (Fsp3) is 0.0698. The summed E-state index contributed by atoms with van der Waals surface area (Å²) in [7, 11) is 0. The molecule has 45 heavy (non-hydrogen) atoms. The predicted octanol–water partition coefficient (Wildman–Crippen LogP) is 12.2. The van der Waals surface area contributed by atoms with Crippen LogP contribution < -0.4 is 4.90 Å². The van der Waals surface area contributed by atoms with Gasteiger partial charge >= 0.3 is 0 Å². The Kier molecular flexibility index (Phi) is 5.58. The molecule has 2 heteroatoms. The first kappa shape index (κ1) is 25.9. The topological polar surface area (TPSA) is 16.4 Å². The van der Waals surface area contributed by atoms with Crippen LogP contribution in [-0.4, -0.2) is 0 Å². The van der Waals surface area contributed by atoms with E-state index in [4.69, 9.17) is 4.42 Å². The minimum Gasteiger partial charge on any atom is -0.455 e. The van der Waals surface area contributed by atoms with Gasteiger partial charge in [-0.1, -0.05) is 123 Å². The molecule has 0 saturated carbocycles. The van der Waals surface area contributed by atoms with Crippen LogP contribution in [0.3, 0.4) is 0 Å². The van der Waals surface area contributed by atoms with Crippen LogP contribution in [0.1, 0.15) is 25.0 Å². The van der Waals surface area contributed by atoms with E-state index < -0.39 is 0 Å². The molecule has 8 aromatic rings. The average molecular weight is 578 g/mol. The number of fused-ring (bicyclic) bond motifs is 8. The zero-order valence-corrected chi connectivity index (χ0v) is 25.3. The maximum Gasteiger partial charge on any atom is 0.143 e. The van der Waals surface area contributed by atoms with Crippen molar-refractivity contribution in [2.75, 3.05) is 4.90 Å². The molecule has 0 amide bonds. The van der Waals surface area contributed by atoms with E-state index in [0.717, 1.165) is 55.5 Å². The first-order valence-corrected chi connectivity index (χ1v) is 15.6. The lowest BCUT2D eigenvalue weighted by atomic mass is 9.82. The Labute approximate surface area is 262 Å². The van der Waals surface area contributed by atoms with Gasteiger partial charge in [0.25, 0.3) is 0 Å². The Morgan fingerprint density at radius 3 is 1.96 bits per heavy atom. The second-order valence-electron chi connectivity index (χ2n) is 12.6. The lowest BCUT2D eigenvalue weighted by molar-refractivity contribution is 0.660. The van der Waals surface area contributed by atoms with E-state index in [1.54, 1.807) is 0 Å². The van der Waals surface area contributed by atoms with Gasteiger partial charge in [0.15, 0.2) is 0 Å². The molecule has 0 spiro atoms. The Morgan fingerprint density at radius 1 is 0.444 bits per heavy atom. The molecule has 1 aromatic heterocycles. The zero-order chi connectivity index (χ0) is 30.1. The van der Waals surface area contributed by atoms with Crippen molar-refractivity contribution in [1.29, 1.82) is 0 Å². The highest BCUT2D eigenvalue weighted by Crippen LogP contribution is 2.50. The summed E-state index contributed by atoms with van der Waals surface area (Å²) in [6.07, 6.45) is 0. The van der Waals surface area contributed by atoms with E-state index in [0.29, 0.717) is 0 Å². The van der Waals surface area contributed by atoms with Crippen molar-refractivity contribution in [3.05, 3.63) is 163 Å². The molecule has 0 unspecified atom stereocenters. The van der Waals surface area contributed by atoms with Crippen LogP contribution in [0, 0.1) is 0 Å². The van der Waals surface area contributed by atoms with Gasteiger partial charge in [-0.05, 0) is 75.7 Å². The van der Waals surface area contributed by atoms with Gasteiger partial charge in [0, 0.05) is 44.2 Å². The number of hydrogen-bond acceptors (Lipinski definition) is 2. The van der Waals surface area contributed by atoms with Gasteiger partial charge in [0.05, 0.1) is 0 Å². The summed E-state index contributed by atoms with van der Waals surface area (Å²) in [5.74, 6) is 0. The van der Waals surface area contributed by atoms with Crippen LogP contribution in [0.4, 0.5) is 17.1 Å². The summed E-state index contributed by atoms with van der Waals surface area (Å²) >= 11 is 0. The van der Waals surface area contributed by atoms with Gasteiger partial charge in [-0.2, -0.15) is 0 Å². The second-order valence-corrected chi connectivity index (χ2v) is 12.6. The molecule has 0 aliphatic heterocycles. The van der Waals surface area contributed by atoms with Gasteiger partial charge < -0.3 is 9.32 Å². The fourth-order valence-electron chi connectivity index (χ4n) is 7.40. The van der Waals surface area contributed by atoms with Crippen LogP contribution in [0.25, 0.3) is 55.0 Å². The maximum absolute atomic E-state index is 6.65. The number of hydrogen-bond donors (Lipinski definition) is 0. The van der Waals surface area contributed by atoms with E-state index in [9.17, 15) is 0 Å². The third-order valence-electron chi connectivity index (χ3n) is 9.67. The molecule has 0 fully saturated rings. The Balaban J connectivity index is 1.16. The zero-order valence-electron chi connectivity index (χ0n) is 25.3. The standard InChI is InChI=1S/C43H31NO/c1-43(2)39-18-9-8-15-35(39)36-26-24-32(27-40(36)43)44(30-12-4-3-5-13-30)31-22-19-29(20-23-31)34-16-10-17-37-38-25-21-28-11-6-7-14-33(28)42(38)45-41(34)37/h3-27H,1-2H3. The number of rotatable bonds is 4. The van der Waals surface area contributed by atoms with Gasteiger partial charge in [-0.15, -0.1) is 0 Å². The molecule has 1 aliphatic carbocycles. The average Bonchev–Trinajstić information content (AvgIpc) is 3.59. The van der Waals surface area contributed by atoms with Crippen molar-refractivity contribution in [1.82, 2.24) is 0 Å². The first-order chi connectivity index (χ1) is 22.1. The van der Waals surface area contributed by atoms with Crippen molar-refractivity contribution in [2.24, 2.45) is 0 Å². The molecule has 0 bridgehead atoms. The Hall–Kier alpha value is -5.60. The predicted molar refractivity (Wildman–Crippen MR) is 189 cm³/mol. The molecule has 9 rings (SSSR count). The van der Waals surface area contributed by atoms with Crippen LogP contribution in [0.15, 0.2) is 156 Å². The lowest BCUT2D eigenvalue weighted by Gasteiger charge is -2.28.